The number of rotatable bonds is 0. The Balaban J connectivity index is 0. The minimum atomic E-state index is -4.61. The molecule has 0 rings (SSSR count). The average molecular weight is 174 g/mol. The van der Waals surface area contributed by atoms with Gasteiger partial charge >= 0.3 is 18.2 Å². The van der Waals surface area contributed by atoms with Gasteiger partial charge in [0.25, 0.3) is 0 Å². The van der Waals surface area contributed by atoms with Crippen LogP contribution in [0.4, 0.5) is 0 Å². The van der Waals surface area contributed by atoms with Crippen LogP contribution in [-0.4, -0.2) is 47.0 Å². The summed E-state index contributed by atoms with van der Waals surface area (Å²) in [6.45, 7) is 0. The summed E-state index contributed by atoms with van der Waals surface area (Å²) in [5.41, 5.74) is 0. The summed E-state index contributed by atoms with van der Waals surface area (Å²) in [6, 6.07) is 0. The number of hydrogen-bond acceptors (Lipinski definition) is 5. The molecule has 0 aromatic rings. The van der Waals surface area contributed by atoms with Crippen LogP contribution in [0.15, 0.2) is 0 Å². The predicted molar refractivity (Wildman–Crippen MR) is 25.5 cm³/mol. The van der Waals surface area contributed by atoms with Crippen LogP contribution in [-0.2, 0) is 4.46 Å². The third-order valence-corrected chi connectivity index (χ3v) is 0. The summed E-state index contributed by atoms with van der Waals surface area (Å²) < 4.78 is 8.74. The molecule has 0 amide bonds. The van der Waals surface area contributed by atoms with Crippen molar-refractivity contribution in [1.82, 2.24) is 0 Å². The zero-order valence-electron chi connectivity index (χ0n) is 4.09. The van der Waals surface area contributed by atoms with Gasteiger partial charge in [0.1, 0.15) is 0 Å². The lowest BCUT2D eigenvalue weighted by Crippen LogP contribution is -2.33. The fourth-order valence-corrected chi connectivity index (χ4v) is 0. The van der Waals surface area contributed by atoms with E-state index in [1.807, 2.05) is 0 Å². The third kappa shape index (κ3) is 2320. The summed E-state index contributed by atoms with van der Waals surface area (Å²) in [5, 5.41) is 0. The zero-order valence-corrected chi connectivity index (χ0v) is 6.09. The highest BCUT2D eigenvalue weighted by Gasteiger charge is 2.22. The van der Waals surface area contributed by atoms with Crippen LogP contribution in [0.25, 0.3) is 0 Å². The van der Waals surface area contributed by atoms with E-state index in [0.29, 0.717) is 0 Å². The molecule has 0 aliphatic rings. The molecule has 56 valence electrons. The summed E-state index contributed by atoms with van der Waals surface area (Å²) in [5.74, 6) is 0. The lowest BCUT2D eigenvalue weighted by Gasteiger charge is -1.91. The molecule has 6 N–H and O–H groups in total. The van der Waals surface area contributed by atoms with Crippen molar-refractivity contribution < 1.29 is 33.2 Å². The molecule has 7 nitrogen and oxygen atoms in total. The molecule has 9 heteroatoms. The van der Waals surface area contributed by atoms with Crippen LogP contribution < -0.4 is 0 Å². The average Bonchev–Trinajstić information content (AvgIpc) is 1.19. The van der Waals surface area contributed by atoms with E-state index >= 15 is 0 Å². The smallest absolute Gasteiger partial charge is 0.511 e. The Morgan fingerprint density at radius 2 is 1.00 bits per heavy atom. The van der Waals surface area contributed by atoms with E-state index in [2.05, 4.69) is 0 Å². The third-order valence-electron chi connectivity index (χ3n) is 0. The quantitative estimate of drug-likeness (QED) is 0.205. The molecule has 0 bridgehead atoms. The molecule has 0 aliphatic carbocycles. The van der Waals surface area contributed by atoms with Crippen molar-refractivity contribution >= 4 is 18.2 Å². The Labute approximate surface area is 52.5 Å². The molecule has 0 spiro atoms. The van der Waals surface area contributed by atoms with E-state index in [9.17, 15) is 0 Å². The first-order valence-corrected chi connectivity index (χ1v) is 4.64. The lowest BCUT2D eigenvalue weighted by atomic mass is 15.7. The normalized spacial score (nSPS) is 9.33. The molecular formula is H6O7Si2. The van der Waals surface area contributed by atoms with Crippen LogP contribution in [0.3, 0.4) is 0 Å². The van der Waals surface area contributed by atoms with E-state index in [1.54, 1.807) is 0 Å². The second-order valence-corrected chi connectivity index (χ2v) is 2.65. The highest BCUT2D eigenvalue weighted by molar-refractivity contribution is 6.46. The van der Waals surface area contributed by atoms with Crippen molar-refractivity contribution in [1.29, 1.82) is 0 Å². The topological polar surface area (TPSA) is 138 Å². The molecule has 0 fully saturated rings. The predicted octanol–water partition coefficient (Wildman–Crippen LogP) is -4.22. The van der Waals surface area contributed by atoms with E-state index < -0.39 is 18.2 Å². The SMILES string of the molecule is O=[Si](O)O.O[Si](O)(O)O. The molecule has 0 aliphatic heterocycles. The van der Waals surface area contributed by atoms with Crippen LogP contribution in [0.5, 0.6) is 0 Å². The van der Waals surface area contributed by atoms with Crippen LogP contribution >= 0.6 is 0 Å². The molecule has 0 aromatic carbocycles. The van der Waals surface area contributed by atoms with Crippen molar-refractivity contribution in [2.45, 2.75) is 0 Å². The van der Waals surface area contributed by atoms with Crippen molar-refractivity contribution in [2.24, 2.45) is 0 Å². The van der Waals surface area contributed by atoms with E-state index in [4.69, 9.17) is 33.2 Å². The highest BCUT2D eigenvalue weighted by atomic mass is 28.4. The van der Waals surface area contributed by atoms with E-state index in [-0.39, 0.29) is 0 Å². The Morgan fingerprint density at radius 1 is 1.00 bits per heavy atom. The molecule has 9 heavy (non-hydrogen) atoms. The summed E-state index contributed by atoms with van der Waals surface area (Å²) >= 11 is 0. The van der Waals surface area contributed by atoms with E-state index in [1.165, 1.54) is 0 Å². The Hall–Kier alpha value is -0.326. The van der Waals surface area contributed by atoms with Crippen molar-refractivity contribution in [3.05, 3.63) is 0 Å². The van der Waals surface area contributed by atoms with Gasteiger partial charge in [-0.25, -0.2) is 0 Å². The molecular weight excluding hydrogens is 168 g/mol. The van der Waals surface area contributed by atoms with Gasteiger partial charge in [-0.3, -0.25) is 4.46 Å². The Bertz CT molecular complexity index is 69.4. The van der Waals surface area contributed by atoms with Gasteiger partial charge in [-0.1, -0.05) is 0 Å². The molecule has 0 heterocycles. The van der Waals surface area contributed by atoms with Gasteiger partial charge in [0.2, 0.25) is 0 Å². The summed E-state index contributed by atoms with van der Waals surface area (Å²) in [4.78, 5) is 43.6. The van der Waals surface area contributed by atoms with Gasteiger partial charge in [-0.05, 0) is 0 Å². The standard InChI is InChI=1S/H4O4Si.H2O3Si/c1-5(2,3)4;1-4(2)3/h1-4H;1-2H. The largest absolute Gasteiger partial charge is 0.761 e. The first-order chi connectivity index (χ1) is 3.73. The number of hydrogen-bond donors (Lipinski definition) is 6. The molecule has 0 saturated carbocycles. The molecule has 0 atom stereocenters. The lowest BCUT2D eigenvalue weighted by molar-refractivity contribution is 0.117. The maximum absolute atomic E-state index is 8.74. The van der Waals surface area contributed by atoms with Crippen molar-refractivity contribution in [3.63, 3.8) is 0 Å². The molecule has 0 saturated heterocycles. The Kier molecular flexibility index (Phi) is 5.79. The summed E-state index contributed by atoms with van der Waals surface area (Å²) in [6.07, 6.45) is 0. The minimum absolute atomic E-state index is 3.13. The second-order valence-electron chi connectivity index (χ2n) is 0.883. The maximum atomic E-state index is 8.74. The van der Waals surface area contributed by atoms with Crippen molar-refractivity contribution in [3.8, 4) is 0 Å². The highest BCUT2D eigenvalue weighted by Crippen LogP contribution is 1.67. The molecule has 0 unspecified atom stereocenters. The maximum Gasteiger partial charge on any atom is 0.761 e. The van der Waals surface area contributed by atoms with Crippen LogP contribution in [0.2, 0.25) is 0 Å². The molecule has 0 radical (unpaired) electrons. The van der Waals surface area contributed by atoms with Crippen molar-refractivity contribution in [2.75, 3.05) is 0 Å². The van der Waals surface area contributed by atoms with Gasteiger partial charge < -0.3 is 28.8 Å². The van der Waals surface area contributed by atoms with Crippen LogP contribution in [0.1, 0.15) is 0 Å². The minimum Gasteiger partial charge on any atom is -0.511 e. The molecule has 0 aromatic heterocycles. The van der Waals surface area contributed by atoms with Gasteiger partial charge in [0.15, 0.2) is 0 Å². The van der Waals surface area contributed by atoms with Gasteiger partial charge in [0.05, 0.1) is 0 Å². The first-order valence-electron chi connectivity index (χ1n) is 1.55. The van der Waals surface area contributed by atoms with E-state index in [0.717, 1.165) is 0 Å². The van der Waals surface area contributed by atoms with Gasteiger partial charge in [-0.15, -0.1) is 0 Å². The van der Waals surface area contributed by atoms with Gasteiger partial charge in [-0.2, -0.15) is 0 Å². The zero-order chi connectivity index (χ0) is 8.08. The van der Waals surface area contributed by atoms with Gasteiger partial charge in [0, 0.05) is 0 Å². The first kappa shape index (κ1) is 11.5. The summed E-state index contributed by atoms with van der Waals surface area (Å²) in [7, 11) is -7.74. The van der Waals surface area contributed by atoms with Crippen LogP contribution in [0, 0.1) is 0 Å². The fraction of sp³-hybridized carbons (Fsp3) is 0. The second kappa shape index (κ2) is 4.54. The fourth-order valence-electron chi connectivity index (χ4n) is 0. The Morgan fingerprint density at radius 3 is 1.00 bits per heavy atom. The monoisotopic (exact) mass is 174 g/mol.